The fraction of sp³-hybridized carbons (Fsp3) is 0.125. The Hall–Kier alpha value is -3.80. The van der Waals surface area contributed by atoms with E-state index in [0.29, 0.717) is 0 Å². The lowest BCUT2D eigenvalue weighted by Crippen LogP contribution is -2.17. The molecule has 30 heavy (non-hydrogen) atoms. The first-order valence-electron chi connectivity index (χ1n) is 9.32. The minimum atomic E-state index is -0.793. The average Bonchev–Trinajstić information content (AvgIpc) is 2.73. The molecule has 0 bridgehead atoms. The van der Waals surface area contributed by atoms with Crippen molar-refractivity contribution in [3.05, 3.63) is 89.7 Å². The molecule has 0 fully saturated rings. The summed E-state index contributed by atoms with van der Waals surface area (Å²) >= 11 is 0. The number of rotatable bonds is 7. The average molecular weight is 405 g/mol. The van der Waals surface area contributed by atoms with Gasteiger partial charge in [-0.05, 0) is 34.9 Å². The van der Waals surface area contributed by atoms with E-state index in [9.17, 15) is 18.8 Å². The van der Waals surface area contributed by atoms with Crippen LogP contribution in [0.1, 0.15) is 22.8 Å². The maximum atomic E-state index is 14.1. The second kappa shape index (κ2) is 9.60. The van der Waals surface area contributed by atoms with Crippen LogP contribution in [0.15, 0.2) is 72.8 Å². The van der Waals surface area contributed by atoms with Gasteiger partial charge in [0.15, 0.2) is 6.61 Å². The Morgan fingerprint density at radius 3 is 2.20 bits per heavy atom. The van der Waals surface area contributed by atoms with Gasteiger partial charge in [0, 0.05) is 12.6 Å². The highest BCUT2D eigenvalue weighted by Gasteiger charge is 2.15. The quantitative estimate of drug-likeness (QED) is 0.467. The molecule has 3 aromatic rings. The maximum Gasteiger partial charge on any atom is 0.310 e. The number of hydrogen-bond acceptors (Lipinski definition) is 4. The summed E-state index contributed by atoms with van der Waals surface area (Å²) in [6.45, 7) is 0.739. The highest BCUT2D eigenvalue weighted by atomic mass is 19.1. The minimum Gasteiger partial charge on any atom is -0.457 e. The minimum absolute atomic E-state index is 0.00625. The Bertz CT molecular complexity index is 1060. The Morgan fingerprint density at radius 1 is 0.900 bits per heavy atom. The molecule has 1 N–H and O–H groups in total. The third-order valence-corrected chi connectivity index (χ3v) is 4.36. The van der Waals surface area contributed by atoms with Gasteiger partial charge in [-0.2, -0.15) is 0 Å². The number of benzene rings is 3. The van der Waals surface area contributed by atoms with Gasteiger partial charge in [-0.3, -0.25) is 14.4 Å². The Balaban J connectivity index is 1.54. The summed E-state index contributed by atoms with van der Waals surface area (Å²) in [6.07, 6.45) is 0.00625. The van der Waals surface area contributed by atoms with Crippen molar-refractivity contribution in [2.24, 2.45) is 0 Å². The van der Waals surface area contributed by atoms with Gasteiger partial charge in [0.2, 0.25) is 11.7 Å². The monoisotopic (exact) mass is 405 g/mol. The van der Waals surface area contributed by atoms with Crippen LogP contribution >= 0.6 is 0 Å². The van der Waals surface area contributed by atoms with E-state index in [4.69, 9.17) is 4.74 Å². The number of ketones is 1. The highest BCUT2D eigenvalue weighted by Crippen LogP contribution is 2.20. The zero-order valence-corrected chi connectivity index (χ0v) is 16.4. The molecule has 0 radical (unpaired) electrons. The number of esters is 1. The highest BCUT2D eigenvalue weighted by molar-refractivity contribution is 5.99. The molecule has 0 aliphatic heterocycles. The van der Waals surface area contributed by atoms with Crippen LogP contribution in [0.25, 0.3) is 11.1 Å². The zero-order valence-electron chi connectivity index (χ0n) is 16.4. The lowest BCUT2D eigenvalue weighted by atomic mass is 10.0. The topological polar surface area (TPSA) is 72.5 Å². The molecule has 1 amide bonds. The zero-order chi connectivity index (χ0) is 21.5. The standard InChI is InChI=1S/C24H20FNO4/c1-16(27)26-20-11-12-21(22(25)14-20)23(28)15-30-24(29)13-17-7-9-19(10-8-17)18-5-3-2-4-6-18/h2-12,14H,13,15H2,1H3,(H,26,27). The SMILES string of the molecule is CC(=O)Nc1ccc(C(=O)COC(=O)Cc2ccc(-c3ccccc3)cc2)c(F)c1. The molecular weight excluding hydrogens is 385 g/mol. The number of carbonyl (C=O) groups is 3. The molecule has 6 heteroatoms. The Kier molecular flexibility index (Phi) is 6.70. The van der Waals surface area contributed by atoms with Gasteiger partial charge in [0.05, 0.1) is 12.0 Å². The van der Waals surface area contributed by atoms with Crippen molar-refractivity contribution in [1.82, 2.24) is 0 Å². The molecule has 0 saturated heterocycles. The molecule has 0 aliphatic rings. The van der Waals surface area contributed by atoms with Crippen LogP contribution in [-0.2, 0) is 20.7 Å². The number of halogens is 1. The van der Waals surface area contributed by atoms with Gasteiger partial charge < -0.3 is 10.1 Å². The second-order valence-electron chi connectivity index (χ2n) is 6.70. The second-order valence-corrected chi connectivity index (χ2v) is 6.70. The lowest BCUT2D eigenvalue weighted by molar-refractivity contribution is -0.141. The van der Waals surface area contributed by atoms with Crippen LogP contribution in [0.2, 0.25) is 0 Å². The van der Waals surface area contributed by atoms with Gasteiger partial charge in [0.1, 0.15) is 5.82 Å². The van der Waals surface area contributed by atoms with E-state index < -0.39 is 24.2 Å². The van der Waals surface area contributed by atoms with E-state index in [1.807, 2.05) is 54.6 Å². The van der Waals surface area contributed by atoms with E-state index in [-0.39, 0.29) is 23.6 Å². The molecule has 152 valence electrons. The number of ether oxygens (including phenoxy) is 1. The molecule has 0 aromatic heterocycles. The Labute approximate surface area is 173 Å². The summed E-state index contributed by atoms with van der Waals surface area (Å²) in [5.41, 5.74) is 2.89. The predicted octanol–water partition coefficient (Wildman–Crippen LogP) is 4.42. The summed E-state index contributed by atoms with van der Waals surface area (Å²) in [6, 6.07) is 21.0. The van der Waals surface area contributed by atoms with Crippen LogP contribution in [0, 0.1) is 5.82 Å². The van der Waals surface area contributed by atoms with E-state index in [0.717, 1.165) is 22.8 Å². The van der Waals surface area contributed by atoms with Crippen molar-refractivity contribution in [1.29, 1.82) is 0 Å². The molecule has 0 spiro atoms. The summed E-state index contributed by atoms with van der Waals surface area (Å²) in [5, 5.41) is 2.43. The number of carbonyl (C=O) groups excluding carboxylic acids is 3. The van der Waals surface area contributed by atoms with Crippen LogP contribution in [0.4, 0.5) is 10.1 Å². The first kappa shape index (κ1) is 20.9. The lowest BCUT2D eigenvalue weighted by Gasteiger charge is -2.08. The fourth-order valence-electron chi connectivity index (χ4n) is 2.91. The van der Waals surface area contributed by atoms with Crippen molar-refractivity contribution >= 4 is 23.3 Å². The molecule has 3 aromatic carbocycles. The normalized spacial score (nSPS) is 10.3. The van der Waals surface area contributed by atoms with Crippen molar-refractivity contribution in [2.45, 2.75) is 13.3 Å². The van der Waals surface area contributed by atoms with Gasteiger partial charge in [0.25, 0.3) is 0 Å². The summed E-state index contributed by atoms with van der Waals surface area (Å²) < 4.78 is 19.1. The first-order chi connectivity index (χ1) is 14.4. The van der Waals surface area contributed by atoms with E-state index in [1.165, 1.54) is 19.1 Å². The third-order valence-electron chi connectivity index (χ3n) is 4.36. The first-order valence-corrected chi connectivity index (χ1v) is 9.32. The molecule has 0 atom stereocenters. The maximum absolute atomic E-state index is 14.1. The summed E-state index contributed by atoms with van der Waals surface area (Å²) in [5.74, 6) is -2.38. The van der Waals surface area contributed by atoms with E-state index in [2.05, 4.69) is 5.32 Å². The molecule has 0 saturated carbocycles. The van der Waals surface area contributed by atoms with Gasteiger partial charge in [-0.25, -0.2) is 4.39 Å². The number of hydrogen-bond donors (Lipinski definition) is 1. The molecular formula is C24H20FNO4. The molecule has 5 nitrogen and oxygen atoms in total. The van der Waals surface area contributed by atoms with Gasteiger partial charge in [-0.15, -0.1) is 0 Å². The van der Waals surface area contributed by atoms with E-state index >= 15 is 0 Å². The molecule has 0 heterocycles. The third kappa shape index (κ3) is 5.61. The summed E-state index contributed by atoms with van der Waals surface area (Å²) in [7, 11) is 0. The smallest absolute Gasteiger partial charge is 0.310 e. The molecule has 0 unspecified atom stereocenters. The largest absolute Gasteiger partial charge is 0.457 e. The predicted molar refractivity (Wildman–Crippen MR) is 112 cm³/mol. The number of anilines is 1. The van der Waals surface area contributed by atoms with Crippen LogP contribution in [-0.4, -0.2) is 24.3 Å². The van der Waals surface area contributed by atoms with Crippen molar-refractivity contribution in [3.8, 4) is 11.1 Å². The van der Waals surface area contributed by atoms with Crippen molar-refractivity contribution in [2.75, 3.05) is 11.9 Å². The number of Topliss-reactive ketones (excluding diaryl/α,β-unsaturated/α-hetero) is 1. The number of nitrogens with one attached hydrogen (secondary N) is 1. The van der Waals surface area contributed by atoms with Crippen LogP contribution in [0.3, 0.4) is 0 Å². The Morgan fingerprint density at radius 2 is 1.57 bits per heavy atom. The number of amides is 1. The molecule has 3 rings (SSSR count). The van der Waals surface area contributed by atoms with Crippen LogP contribution in [0.5, 0.6) is 0 Å². The fourth-order valence-corrected chi connectivity index (χ4v) is 2.91. The van der Waals surface area contributed by atoms with Crippen LogP contribution < -0.4 is 5.32 Å². The molecule has 0 aliphatic carbocycles. The van der Waals surface area contributed by atoms with Crippen molar-refractivity contribution < 1.29 is 23.5 Å². The van der Waals surface area contributed by atoms with Crippen molar-refractivity contribution in [3.63, 3.8) is 0 Å². The summed E-state index contributed by atoms with van der Waals surface area (Å²) in [4.78, 5) is 35.2. The van der Waals surface area contributed by atoms with Gasteiger partial charge in [-0.1, -0.05) is 54.6 Å². The van der Waals surface area contributed by atoms with Gasteiger partial charge >= 0.3 is 5.97 Å². The van der Waals surface area contributed by atoms with E-state index in [1.54, 1.807) is 0 Å².